The molecule has 4 aromatic rings. The molecule has 0 aliphatic rings. The van der Waals surface area contributed by atoms with Gasteiger partial charge in [-0.25, -0.2) is 0 Å². The number of rotatable bonds is 9. The Labute approximate surface area is 206 Å². The van der Waals surface area contributed by atoms with E-state index >= 15 is 0 Å². The molecular weight excluding hydrogens is 458 g/mol. The molecule has 0 saturated heterocycles. The highest BCUT2D eigenvalue weighted by molar-refractivity contribution is 7.86. The summed E-state index contributed by atoms with van der Waals surface area (Å²) in [5.41, 5.74) is 3.75. The highest BCUT2D eigenvalue weighted by atomic mass is 32.2. The van der Waals surface area contributed by atoms with Gasteiger partial charge < -0.3 is 9.08 Å². The Bertz CT molecular complexity index is 1300. The zero-order valence-corrected chi connectivity index (χ0v) is 20.3. The lowest BCUT2D eigenvalue weighted by atomic mass is 9.89. The van der Waals surface area contributed by atoms with E-state index in [-0.39, 0.29) is 11.7 Å². The smallest absolute Gasteiger partial charge is 0.306 e. The molecule has 0 heterocycles. The topological polar surface area (TPSA) is 63.7 Å². The summed E-state index contributed by atoms with van der Waals surface area (Å²) in [5.74, 6) is -0.222. The van der Waals surface area contributed by atoms with Gasteiger partial charge in [0.1, 0.15) is 5.75 Å². The van der Waals surface area contributed by atoms with Gasteiger partial charge in [0.25, 0.3) is 0 Å². The molecule has 5 nitrogen and oxygen atoms in total. The predicted molar refractivity (Wildman–Crippen MR) is 137 cm³/mol. The van der Waals surface area contributed by atoms with Crippen LogP contribution in [-0.2, 0) is 28.0 Å². The number of carbonyl (C=O) groups excluding carboxylic acids is 1. The monoisotopic (exact) mass is 485 g/mol. The normalized spacial score (nSPS) is 11.3. The van der Waals surface area contributed by atoms with Gasteiger partial charge in [-0.05, 0) is 34.4 Å². The molecule has 0 unspecified atom stereocenters. The summed E-state index contributed by atoms with van der Waals surface area (Å²) >= 11 is 0. The van der Waals surface area contributed by atoms with Crippen molar-refractivity contribution in [3.05, 3.63) is 138 Å². The second-order valence-corrected chi connectivity index (χ2v) is 9.94. The molecule has 0 radical (unpaired) electrons. The van der Waals surface area contributed by atoms with Gasteiger partial charge in [-0.2, -0.15) is 8.42 Å². The Balaban J connectivity index is 1.67. The van der Waals surface area contributed by atoms with Crippen LogP contribution in [0.15, 0.2) is 115 Å². The van der Waals surface area contributed by atoms with Gasteiger partial charge in [-0.3, -0.25) is 4.79 Å². The minimum atomic E-state index is -3.60. The molecule has 6 heteroatoms. The van der Waals surface area contributed by atoms with E-state index in [4.69, 9.17) is 4.18 Å². The van der Waals surface area contributed by atoms with E-state index in [0.29, 0.717) is 13.1 Å². The predicted octanol–water partition coefficient (Wildman–Crippen LogP) is 5.39. The molecule has 178 valence electrons. The quantitative estimate of drug-likeness (QED) is 0.298. The number of amides is 1. The van der Waals surface area contributed by atoms with Crippen LogP contribution >= 0.6 is 0 Å². The number of benzene rings is 4. The molecule has 35 heavy (non-hydrogen) atoms. The fourth-order valence-corrected chi connectivity index (χ4v) is 4.47. The SMILES string of the molecule is CS(=O)(=O)Oc1ccc(CN(Cc2ccccc2)C(=O)C(c2ccccc2)c2ccccc2)cc1. The molecule has 0 aromatic heterocycles. The van der Waals surface area contributed by atoms with E-state index in [1.54, 1.807) is 24.3 Å². The van der Waals surface area contributed by atoms with Gasteiger partial charge in [0.2, 0.25) is 5.91 Å². The first-order chi connectivity index (χ1) is 16.9. The Kier molecular flexibility index (Phi) is 7.63. The lowest BCUT2D eigenvalue weighted by molar-refractivity contribution is -0.133. The largest absolute Gasteiger partial charge is 0.383 e. The molecular formula is C29H27NO4S. The first-order valence-corrected chi connectivity index (χ1v) is 13.1. The zero-order valence-electron chi connectivity index (χ0n) is 19.4. The van der Waals surface area contributed by atoms with Gasteiger partial charge in [0.05, 0.1) is 12.2 Å². The average Bonchev–Trinajstić information content (AvgIpc) is 2.86. The van der Waals surface area contributed by atoms with Crippen molar-refractivity contribution in [1.29, 1.82) is 0 Å². The van der Waals surface area contributed by atoms with Gasteiger partial charge in [-0.15, -0.1) is 0 Å². The number of hydrogen-bond acceptors (Lipinski definition) is 4. The number of hydrogen-bond donors (Lipinski definition) is 0. The number of carbonyl (C=O) groups is 1. The maximum atomic E-state index is 14.1. The highest BCUT2D eigenvalue weighted by Crippen LogP contribution is 2.28. The molecule has 0 N–H and O–H groups in total. The Morgan fingerprint density at radius 1 is 0.686 bits per heavy atom. The minimum Gasteiger partial charge on any atom is -0.383 e. The van der Waals surface area contributed by atoms with E-state index in [0.717, 1.165) is 28.5 Å². The van der Waals surface area contributed by atoms with Crippen molar-refractivity contribution in [3.8, 4) is 5.75 Å². The standard InChI is InChI=1S/C29H27NO4S/c1-35(32,33)34-27-19-17-24(18-20-27)22-30(21-23-11-5-2-6-12-23)29(31)28(25-13-7-3-8-14-25)26-15-9-4-10-16-26/h2-20,28H,21-22H2,1H3. The Morgan fingerprint density at radius 2 is 1.11 bits per heavy atom. The van der Waals surface area contributed by atoms with Crippen LogP contribution in [-0.4, -0.2) is 25.5 Å². The number of nitrogens with zero attached hydrogens (tertiary/aromatic N) is 1. The summed E-state index contributed by atoms with van der Waals surface area (Å²) in [7, 11) is -3.60. The van der Waals surface area contributed by atoms with Crippen LogP contribution in [0.5, 0.6) is 5.75 Å². The molecule has 0 fully saturated rings. The molecule has 4 rings (SSSR count). The van der Waals surface area contributed by atoms with Crippen molar-refractivity contribution in [1.82, 2.24) is 4.90 Å². The lowest BCUT2D eigenvalue weighted by Gasteiger charge is -2.28. The summed E-state index contributed by atoms with van der Waals surface area (Å²) in [6.07, 6.45) is 1.01. The zero-order chi connectivity index (χ0) is 24.7. The molecule has 0 atom stereocenters. The van der Waals surface area contributed by atoms with Crippen molar-refractivity contribution < 1.29 is 17.4 Å². The van der Waals surface area contributed by atoms with Crippen LogP contribution in [0.25, 0.3) is 0 Å². The fourth-order valence-electron chi connectivity index (χ4n) is 4.01. The molecule has 0 aliphatic carbocycles. The van der Waals surface area contributed by atoms with Gasteiger partial charge in [0, 0.05) is 13.1 Å². The van der Waals surface area contributed by atoms with Crippen LogP contribution in [0.4, 0.5) is 0 Å². The third kappa shape index (κ3) is 6.80. The van der Waals surface area contributed by atoms with E-state index < -0.39 is 16.0 Å². The van der Waals surface area contributed by atoms with E-state index in [2.05, 4.69) is 0 Å². The third-order valence-corrected chi connectivity index (χ3v) is 6.08. The lowest BCUT2D eigenvalue weighted by Crippen LogP contribution is -2.35. The van der Waals surface area contributed by atoms with Crippen molar-refractivity contribution in [3.63, 3.8) is 0 Å². The van der Waals surface area contributed by atoms with Crippen molar-refractivity contribution in [2.24, 2.45) is 0 Å². The second kappa shape index (κ2) is 11.0. The third-order valence-electron chi connectivity index (χ3n) is 5.59. The molecule has 0 saturated carbocycles. The molecule has 1 amide bonds. The summed E-state index contributed by atoms with van der Waals surface area (Å²) in [4.78, 5) is 16.0. The van der Waals surface area contributed by atoms with E-state index in [1.807, 2.05) is 95.9 Å². The first kappa shape index (κ1) is 24.2. The summed E-state index contributed by atoms with van der Waals surface area (Å²) < 4.78 is 27.8. The molecule has 4 aromatic carbocycles. The molecule has 0 spiro atoms. The maximum Gasteiger partial charge on any atom is 0.306 e. The van der Waals surface area contributed by atoms with Crippen LogP contribution < -0.4 is 4.18 Å². The van der Waals surface area contributed by atoms with Crippen molar-refractivity contribution in [2.75, 3.05) is 6.26 Å². The summed E-state index contributed by atoms with van der Waals surface area (Å²) in [6.45, 7) is 0.806. The van der Waals surface area contributed by atoms with Crippen LogP contribution in [0.2, 0.25) is 0 Å². The van der Waals surface area contributed by atoms with Crippen molar-refractivity contribution >= 4 is 16.0 Å². The van der Waals surface area contributed by atoms with E-state index in [1.165, 1.54) is 0 Å². The minimum absolute atomic E-state index is 0.0114. The maximum absolute atomic E-state index is 14.1. The summed E-state index contributed by atoms with van der Waals surface area (Å²) in [6, 6.07) is 36.2. The van der Waals surface area contributed by atoms with Crippen LogP contribution in [0.1, 0.15) is 28.2 Å². The highest BCUT2D eigenvalue weighted by Gasteiger charge is 2.28. The average molecular weight is 486 g/mol. The van der Waals surface area contributed by atoms with Gasteiger partial charge >= 0.3 is 10.1 Å². The van der Waals surface area contributed by atoms with Crippen LogP contribution in [0, 0.1) is 0 Å². The van der Waals surface area contributed by atoms with Gasteiger partial charge in [0.15, 0.2) is 0 Å². The first-order valence-electron chi connectivity index (χ1n) is 11.3. The molecule has 0 bridgehead atoms. The Hall–Kier alpha value is -3.90. The second-order valence-electron chi connectivity index (χ2n) is 8.37. The Morgan fingerprint density at radius 3 is 1.57 bits per heavy atom. The van der Waals surface area contributed by atoms with Gasteiger partial charge in [-0.1, -0.05) is 103 Å². The summed E-state index contributed by atoms with van der Waals surface area (Å²) in [5, 5.41) is 0. The fraction of sp³-hybridized carbons (Fsp3) is 0.138. The molecule has 0 aliphatic heterocycles. The van der Waals surface area contributed by atoms with Crippen molar-refractivity contribution in [2.45, 2.75) is 19.0 Å². The van der Waals surface area contributed by atoms with E-state index in [9.17, 15) is 13.2 Å². The van der Waals surface area contributed by atoms with Crippen LogP contribution in [0.3, 0.4) is 0 Å².